The highest BCUT2D eigenvalue weighted by Gasteiger charge is 2.11. The summed E-state index contributed by atoms with van der Waals surface area (Å²) in [7, 11) is 0. The highest BCUT2D eigenvalue weighted by Crippen LogP contribution is 2.20. The summed E-state index contributed by atoms with van der Waals surface area (Å²) in [6, 6.07) is 15.9. The molecule has 2 N–H and O–H groups in total. The lowest BCUT2D eigenvalue weighted by atomic mass is 10.1. The van der Waals surface area contributed by atoms with Gasteiger partial charge in [0.2, 0.25) is 5.13 Å². The van der Waals surface area contributed by atoms with Crippen LogP contribution in [0, 0.1) is 5.92 Å². The van der Waals surface area contributed by atoms with Crippen LogP contribution in [-0.4, -0.2) is 16.1 Å². The lowest BCUT2D eigenvalue weighted by Gasteiger charge is -2.11. The van der Waals surface area contributed by atoms with Gasteiger partial charge < -0.3 is 5.32 Å². The predicted molar refractivity (Wildman–Crippen MR) is 116 cm³/mol. The Hall–Kier alpha value is -2.73. The van der Waals surface area contributed by atoms with Gasteiger partial charge in [0.15, 0.2) is 0 Å². The maximum Gasteiger partial charge on any atom is 0.257 e. The Morgan fingerprint density at radius 3 is 2.71 bits per heavy atom. The van der Waals surface area contributed by atoms with E-state index in [1.807, 2.05) is 30.3 Å². The topological polar surface area (TPSA) is 66.9 Å². The summed E-state index contributed by atoms with van der Waals surface area (Å²) in [6.45, 7) is 7.08. The van der Waals surface area contributed by atoms with Gasteiger partial charge in [0.1, 0.15) is 5.01 Å². The quantitative estimate of drug-likeness (QED) is 0.553. The van der Waals surface area contributed by atoms with Gasteiger partial charge in [-0.1, -0.05) is 62.4 Å². The average molecular weight is 395 g/mol. The molecule has 0 atom stereocenters. The van der Waals surface area contributed by atoms with E-state index >= 15 is 0 Å². The molecule has 3 aromatic rings. The monoisotopic (exact) mass is 394 g/mol. The standard InChI is InChI=1S/C22H26N4OS/c1-4-17-9-5-6-11-19(17)23-14-16-8-7-10-18(13-16)21(27)24-22-26-25-20(28-22)12-15(2)3/h5-11,13,15,23H,4,12,14H2,1-3H3,(H,24,26,27). The number of anilines is 2. The van der Waals surface area contributed by atoms with Gasteiger partial charge in [0.25, 0.3) is 5.91 Å². The molecule has 3 rings (SSSR count). The van der Waals surface area contributed by atoms with E-state index in [2.05, 4.69) is 59.8 Å². The van der Waals surface area contributed by atoms with Crippen molar-refractivity contribution in [2.75, 3.05) is 10.6 Å². The third-order valence-electron chi connectivity index (χ3n) is 4.34. The molecule has 28 heavy (non-hydrogen) atoms. The first-order valence-corrected chi connectivity index (χ1v) is 10.4. The van der Waals surface area contributed by atoms with Crippen LogP contribution in [0.2, 0.25) is 0 Å². The number of aryl methyl sites for hydroxylation is 1. The van der Waals surface area contributed by atoms with Gasteiger partial charge in [-0.25, -0.2) is 0 Å². The summed E-state index contributed by atoms with van der Waals surface area (Å²) in [5, 5.41) is 16.0. The molecule has 5 nitrogen and oxygen atoms in total. The molecule has 0 aliphatic rings. The molecular formula is C22H26N4OS. The predicted octanol–water partition coefficient (Wildman–Crippen LogP) is 5.16. The largest absolute Gasteiger partial charge is 0.381 e. The van der Waals surface area contributed by atoms with Crippen molar-refractivity contribution in [1.82, 2.24) is 10.2 Å². The molecule has 0 unspecified atom stereocenters. The molecule has 2 aromatic carbocycles. The van der Waals surface area contributed by atoms with Crippen molar-refractivity contribution < 1.29 is 4.79 Å². The molecule has 1 amide bonds. The summed E-state index contributed by atoms with van der Waals surface area (Å²) < 4.78 is 0. The number of nitrogens with one attached hydrogen (secondary N) is 2. The number of aromatic nitrogens is 2. The van der Waals surface area contributed by atoms with Crippen LogP contribution in [0.4, 0.5) is 10.8 Å². The van der Waals surface area contributed by atoms with E-state index in [9.17, 15) is 4.79 Å². The van der Waals surface area contributed by atoms with Gasteiger partial charge in [0.05, 0.1) is 0 Å². The Morgan fingerprint density at radius 2 is 1.93 bits per heavy atom. The Balaban J connectivity index is 1.63. The zero-order valence-electron chi connectivity index (χ0n) is 16.5. The second-order valence-corrected chi connectivity index (χ2v) is 8.18. The minimum atomic E-state index is -0.164. The third-order valence-corrected chi connectivity index (χ3v) is 5.20. The van der Waals surface area contributed by atoms with E-state index in [0.29, 0.717) is 23.2 Å². The van der Waals surface area contributed by atoms with Gasteiger partial charge in [0, 0.05) is 24.2 Å². The number of amides is 1. The molecule has 0 fully saturated rings. The highest BCUT2D eigenvalue weighted by molar-refractivity contribution is 7.15. The van der Waals surface area contributed by atoms with Crippen molar-refractivity contribution in [2.24, 2.45) is 5.92 Å². The van der Waals surface area contributed by atoms with Gasteiger partial charge >= 0.3 is 0 Å². The van der Waals surface area contributed by atoms with Crippen LogP contribution >= 0.6 is 11.3 Å². The minimum Gasteiger partial charge on any atom is -0.381 e. The summed E-state index contributed by atoms with van der Waals surface area (Å²) in [5.41, 5.74) is 4.08. The number of benzene rings is 2. The normalized spacial score (nSPS) is 10.9. The zero-order chi connectivity index (χ0) is 19.9. The van der Waals surface area contributed by atoms with Crippen LogP contribution in [0.5, 0.6) is 0 Å². The van der Waals surface area contributed by atoms with Gasteiger partial charge in [-0.05, 0) is 41.7 Å². The van der Waals surface area contributed by atoms with Crippen LogP contribution < -0.4 is 10.6 Å². The summed E-state index contributed by atoms with van der Waals surface area (Å²) in [6.07, 6.45) is 1.85. The maximum absolute atomic E-state index is 12.6. The highest BCUT2D eigenvalue weighted by atomic mass is 32.1. The fourth-order valence-corrected chi connectivity index (χ4v) is 3.87. The summed E-state index contributed by atoms with van der Waals surface area (Å²) in [5.74, 6) is 0.349. The molecule has 1 aromatic heterocycles. The Bertz CT molecular complexity index is 936. The molecule has 146 valence electrons. The zero-order valence-corrected chi connectivity index (χ0v) is 17.3. The fourth-order valence-electron chi connectivity index (χ4n) is 2.93. The number of nitrogens with zero attached hydrogens (tertiary/aromatic N) is 2. The van der Waals surface area contributed by atoms with Gasteiger partial charge in [-0.2, -0.15) is 0 Å². The Morgan fingerprint density at radius 1 is 1.11 bits per heavy atom. The van der Waals surface area contributed by atoms with E-state index in [-0.39, 0.29) is 5.91 Å². The molecule has 6 heteroatoms. The van der Waals surface area contributed by atoms with Gasteiger partial charge in [-0.3, -0.25) is 10.1 Å². The second kappa shape index (κ2) is 9.46. The summed E-state index contributed by atoms with van der Waals surface area (Å²) >= 11 is 1.43. The molecular weight excluding hydrogens is 368 g/mol. The van der Waals surface area contributed by atoms with Crippen molar-refractivity contribution in [3.63, 3.8) is 0 Å². The number of hydrogen-bond acceptors (Lipinski definition) is 5. The van der Waals surface area contributed by atoms with Crippen LogP contribution in [0.1, 0.15) is 47.3 Å². The van der Waals surface area contributed by atoms with Crippen molar-refractivity contribution in [2.45, 2.75) is 40.2 Å². The number of carbonyl (C=O) groups excluding carboxylic acids is 1. The molecule has 0 saturated heterocycles. The van der Waals surface area contributed by atoms with E-state index in [1.54, 1.807) is 0 Å². The first-order valence-electron chi connectivity index (χ1n) is 9.59. The maximum atomic E-state index is 12.6. The van der Waals surface area contributed by atoms with Crippen LogP contribution in [0.15, 0.2) is 48.5 Å². The molecule has 0 aliphatic heterocycles. The summed E-state index contributed by atoms with van der Waals surface area (Å²) in [4.78, 5) is 12.6. The molecule has 0 bridgehead atoms. The average Bonchev–Trinajstić information content (AvgIpc) is 3.12. The number of carbonyl (C=O) groups is 1. The molecule has 0 spiro atoms. The van der Waals surface area contributed by atoms with Gasteiger partial charge in [-0.15, -0.1) is 10.2 Å². The van der Waals surface area contributed by atoms with Crippen molar-refractivity contribution in [1.29, 1.82) is 0 Å². The Labute approximate surface area is 170 Å². The van der Waals surface area contributed by atoms with E-state index in [4.69, 9.17) is 0 Å². The number of para-hydroxylation sites is 1. The third kappa shape index (κ3) is 5.39. The molecule has 1 heterocycles. The van der Waals surface area contributed by atoms with E-state index < -0.39 is 0 Å². The lowest BCUT2D eigenvalue weighted by Crippen LogP contribution is -2.12. The van der Waals surface area contributed by atoms with Crippen molar-refractivity contribution in [3.05, 3.63) is 70.2 Å². The Kier molecular flexibility index (Phi) is 6.76. The number of rotatable bonds is 8. The molecule has 0 aliphatic carbocycles. The van der Waals surface area contributed by atoms with E-state index in [0.717, 1.165) is 29.1 Å². The number of hydrogen-bond donors (Lipinski definition) is 2. The lowest BCUT2D eigenvalue weighted by molar-refractivity contribution is 0.102. The van der Waals surface area contributed by atoms with Crippen LogP contribution in [-0.2, 0) is 19.4 Å². The van der Waals surface area contributed by atoms with E-state index in [1.165, 1.54) is 16.9 Å². The fraction of sp³-hybridized carbons (Fsp3) is 0.318. The SMILES string of the molecule is CCc1ccccc1NCc1cccc(C(=O)Nc2nnc(CC(C)C)s2)c1. The molecule has 0 radical (unpaired) electrons. The first-order chi connectivity index (χ1) is 13.5. The van der Waals surface area contributed by atoms with Crippen molar-refractivity contribution in [3.8, 4) is 0 Å². The smallest absolute Gasteiger partial charge is 0.257 e. The van der Waals surface area contributed by atoms with Crippen molar-refractivity contribution >= 4 is 28.1 Å². The minimum absolute atomic E-state index is 0.164. The van der Waals surface area contributed by atoms with Crippen LogP contribution in [0.25, 0.3) is 0 Å². The first kappa shape index (κ1) is 20.0. The van der Waals surface area contributed by atoms with Crippen LogP contribution in [0.3, 0.4) is 0 Å². The second-order valence-electron chi connectivity index (χ2n) is 7.12. The molecule has 0 saturated carbocycles.